The molecule has 0 bridgehead atoms. The largest absolute Gasteiger partial charge is 0.226 e. The number of benzene rings is 4. The molecule has 2 aliphatic rings. The molecule has 0 radical (unpaired) electrons. The van der Waals surface area contributed by atoms with Gasteiger partial charge in [-0.3, -0.25) is 0 Å². The molecule has 3 heterocycles. The van der Waals surface area contributed by atoms with E-state index in [1.54, 1.807) is 47.0 Å². The fourth-order valence-corrected chi connectivity index (χ4v) is 8.95. The maximum absolute atomic E-state index is 6.49. The Bertz CT molecular complexity index is 1520. The summed E-state index contributed by atoms with van der Waals surface area (Å²) in [5.41, 5.74) is 1.94. The van der Waals surface area contributed by atoms with Gasteiger partial charge < -0.3 is 0 Å². The molecule has 4 aromatic carbocycles. The second-order valence-corrected chi connectivity index (χ2v) is 12.4. The van der Waals surface area contributed by atoms with E-state index in [1.807, 2.05) is 0 Å². The van der Waals surface area contributed by atoms with Crippen LogP contribution in [0.15, 0.2) is 124 Å². The second-order valence-electron chi connectivity index (χ2n) is 7.82. The van der Waals surface area contributed by atoms with Gasteiger partial charge in [-0.05, 0) is 60.1 Å². The molecule has 3 nitrogen and oxygen atoms in total. The molecule has 0 fully saturated rings. The fraction of sp³-hybridized carbons (Fsp3) is 0. The predicted molar refractivity (Wildman–Crippen MR) is 145 cm³/mol. The zero-order valence-corrected chi connectivity index (χ0v) is 22.0. The van der Waals surface area contributed by atoms with Crippen LogP contribution in [0.4, 0.5) is 0 Å². The van der Waals surface area contributed by atoms with Gasteiger partial charge in [0.1, 0.15) is 0 Å². The highest BCUT2D eigenvalue weighted by Gasteiger charge is 2.24. The van der Waals surface area contributed by atoms with Gasteiger partial charge in [0.05, 0.1) is 0 Å². The van der Waals surface area contributed by atoms with Crippen LogP contribution in [0.25, 0.3) is 22.8 Å². The number of rotatable bonds is 2. The molecule has 0 N–H and O–H groups in total. The lowest BCUT2D eigenvalue weighted by molar-refractivity contribution is 1.03. The predicted octanol–water partition coefficient (Wildman–Crippen LogP) is 9.09. The smallest absolute Gasteiger partial charge is 0.208 e. The Labute approximate surface area is 224 Å². The van der Waals surface area contributed by atoms with E-state index in [4.69, 9.17) is 16.6 Å². The van der Waals surface area contributed by atoms with Gasteiger partial charge in [0, 0.05) is 50.3 Å². The van der Waals surface area contributed by atoms with Crippen molar-refractivity contribution in [3.8, 4) is 22.8 Å². The zero-order valence-electron chi connectivity index (χ0n) is 17.9. The van der Waals surface area contributed by atoms with Gasteiger partial charge in [0.15, 0.2) is 11.6 Å². The Hall–Kier alpha value is -2.42. The van der Waals surface area contributed by atoms with Crippen LogP contribution < -0.4 is 0 Å². The molecule has 5 aromatic rings. The maximum atomic E-state index is 6.49. The van der Waals surface area contributed by atoms with Crippen molar-refractivity contribution in [2.24, 2.45) is 0 Å². The summed E-state index contributed by atoms with van der Waals surface area (Å²) in [5.74, 6) is 1.19. The molecule has 1 aromatic heterocycles. The van der Waals surface area contributed by atoms with Crippen LogP contribution in [0.3, 0.4) is 0 Å². The van der Waals surface area contributed by atoms with E-state index in [-0.39, 0.29) is 5.28 Å². The standard InChI is InChI=1S/C27H14ClN3S4/c28-27-30-25(15-7-5-13-21-23(15)34-19-11-3-1-9-17(19)32-21)29-26(31-27)16-8-6-14-22-24(16)35-20-12-4-2-10-18(20)33-22/h1-14H. The zero-order chi connectivity index (χ0) is 23.4. The lowest BCUT2D eigenvalue weighted by Crippen LogP contribution is -2.01. The van der Waals surface area contributed by atoms with Gasteiger partial charge in [-0.25, -0.2) is 4.98 Å². The third-order valence-corrected chi connectivity index (χ3v) is 11.0. The average Bonchev–Trinajstić information content (AvgIpc) is 2.89. The molecule has 0 unspecified atom stereocenters. The third-order valence-electron chi connectivity index (χ3n) is 5.61. The molecular weight excluding hydrogens is 530 g/mol. The Morgan fingerprint density at radius 3 is 1.29 bits per heavy atom. The van der Waals surface area contributed by atoms with E-state index >= 15 is 0 Å². The van der Waals surface area contributed by atoms with Gasteiger partial charge in [-0.15, -0.1) is 0 Å². The first-order valence-electron chi connectivity index (χ1n) is 10.8. The molecule has 0 amide bonds. The molecule has 7 rings (SSSR count). The van der Waals surface area contributed by atoms with E-state index in [9.17, 15) is 0 Å². The molecule has 8 heteroatoms. The Balaban J connectivity index is 1.34. The van der Waals surface area contributed by atoms with E-state index in [0.29, 0.717) is 11.6 Å². The summed E-state index contributed by atoms with van der Waals surface area (Å²) in [7, 11) is 0. The summed E-state index contributed by atoms with van der Waals surface area (Å²) in [6.45, 7) is 0. The van der Waals surface area contributed by atoms with Crippen LogP contribution in [0.2, 0.25) is 5.28 Å². The summed E-state index contributed by atoms with van der Waals surface area (Å²) in [6, 6.07) is 29.5. The SMILES string of the molecule is Clc1nc(-c2cccc3c2Sc2ccccc2S3)nc(-c2cccc3c2Sc2ccccc2S3)n1. The van der Waals surface area contributed by atoms with Crippen LogP contribution in [-0.2, 0) is 0 Å². The van der Waals surface area contributed by atoms with Crippen LogP contribution in [0.5, 0.6) is 0 Å². The molecular formula is C27H14ClN3S4. The molecule has 0 spiro atoms. The normalized spacial score (nSPS) is 13.4. The molecule has 0 saturated heterocycles. The quantitative estimate of drug-likeness (QED) is 0.215. The first kappa shape index (κ1) is 21.8. The van der Waals surface area contributed by atoms with Crippen molar-refractivity contribution in [3.05, 3.63) is 90.2 Å². The first-order valence-corrected chi connectivity index (χ1v) is 14.5. The summed E-state index contributed by atoms with van der Waals surface area (Å²) in [6.07, 6.45) is 0. The topological polar surface area (TPSA) is 38.7 Å². The number of hydrogen-bond donors (Lipinski definition) is 0. The van der Waals surface area contributed by atoms with E-state index < -0.39 is 0 Å². The number of fused-ring (bicyclic) bond motifs is 4. The number of hydrogen-bond acceptors (Lipinski definition) is 7. The van der Waals surface area contributed by atoms with Crippen LogP contribution in [0, 0.1) is 0 Å². The summed E-state index contributed by atoms with van der Waals surface area (Å²) < 4.78 is 0. The Morgan fingerprint density at radius 2 is 0.829 bits per heavy atom. The number of halogens is 1. The monoisotopic (exact) mass is 543 g/mol. The van der Waals surface area contributed by atoms with Crippen LogP contribution >= 0.6 is 58.6 Å². The van der Waals surface area contributed by atoms with Gasteiger partial charge in [0.2, 0.25) is 5.28 Å². The van der Waals surface area contributed by atoms with Crippen molar-refractivity contribution in [1.82, 2.24) is 15.0 Å². The summed E-state index contributed by atoms with van der Waals surface area (Å²) in [5, 5.41) is 0.197. The van der Waals surface area contributed by atoms with Crippen molar-refractivity contribution in [2.45, 2.75) is 39.2 Å². The van der Waals surface area contributed by atoms with Crippen molar-refractivity contribution in [1.29, 1.82) is 0 Å². The van der Waals surface area contributed by atoms with Crippen LogP contribution in [-0.4, -0.2) is 15.0 Å². The maximum Gasteiger partial charge on any atom is 0.226 e. The van der Waals surface area contributed by atoms with Gasteiger partial charge in [-0.2, -0.15) is 9.97 Å². The van der Waals surface area contributed by atoms with Crippen molar-refractivity contribution >= 4 is 58.6 Å². The number of aromatic nitrogens is 3. The molecule has 2 aliphatic heterocycles. The van der Waals surface area contributed by atoms with Crippen LogP contribution in [0.1, 0.15) is 0 Å². The second kappa shape index (κ2) is 8.91. The highest BCUT2D eigenvalue weighted by atomic mass is 35.5. The van der Waals surface area contributed by atoms with Crippen molar-refractivity contribution in [2.75, 3.05) is 0 Å². The fourth-order valence-electron chi connectivity index (χ4n) is 4.04. The minimum absolute atomic E-state index is 0.197. The van der Waals surface area contributed by atoms with Gasteiger partial charge in [-0.1, -0.05) is 83.4 Å². The van der Waals surface area contributed by atoms with Gasteiger partial charge in [0.25, 0.3) is 0 Å². The third kappa shape index (κ3) is 3.96. The summed E-state index contributed by atoms with van der Waals surface area (Å²) in [4.78, 5) is 23.8. The Kier molecular flexibility index (Phi) is 5.56. The minimum atomic E-state index is 0.197. The van der Waals surface area contributed by atoms with Gasteiger partial charge >= 0.3 is 0 Å². The average molecular weight is 544 g/mol. The lowest BCUT2D eigenvalue weighted by Gasteiger charge is -2.21. The van der Waals surface area contributed by atoms with E-state index in [1.165, 1.54) is 29.4 Å². The highest BCUT2D eigenvalue weighted by Crippen LogP contribution is 2.53. The van der Waals surface area contributed by atoms with Crippen molar-refractivity contribution in [3.63, 3.8) is 0 Å². The summed E-state index contributed by atoms with van der Waals surface area (Å²) >= 11 is 13.6. The molecule has 168 valence electrons. The van der Waals surface area contributed by atoms with E-state index in [2.05, 4.69) is 94.9 Å². The molecule has 0 saturated carbocycles. The first-order chi connectivity index (χ1) is 17.2. The Morgan fingerprint density at radius 1 is 0.429 bits per heavy atom. The molecule has 0 aliphatic carbocycles. The van der Waals surface area contributed by atoms with E-state index in [0.717, 1.165) is 20.9 Å². The molecule has 35 heavy (non-hydrogen) atoms. The number of nitrogens with zero attached hydrogens (tertiary/aromatic N) is 3. The molecule has 0 atom stereocenters. The van der Waals surface area contributed by atoms with Crippen molar-refractivity contribution < 1.29 is 0 Å². The lowest BCUT2D eigenvalue weighted by atomic mass is 10.2. The highest BCUT2D eigenvalue weighted by molar-refractivity contribution is 8.05. The minimum Gasteiger partial charge on any atom is -0.208 e.